The van der Waals surface area contributed by atoms with Crippen LogP contribution in [0.1, 0.15) is 13.8 Å². The van der Waals surface area contributed by atoms with Gasteiger partial charge < -0.3 is 10.2 Å². The van der Waals surface area contributed by atoms with Crippen LogP contribution in [0.25, 0.3) is 0 Å². The fourth-order valence-electron chi connectivity index (χ4n) is 2.20. The molecule has 0 aromatic carbocycles. The lowest BCUT2D eigenvalue weighted by molar-refractivity contribution is 0.132. The van der Waals surface area contributed by atoms with Gasteiger partial charge in [0.25, 0.3) is 0 Å². The highest BCUT2D eigenvalue weighted by Crippen LogP contribution is 2.15. The smallest absolute Gasteiger partial charge is 0.0402 e. The molecule has 1 fully saturated rings. The Labute approximate surface area is 98.1 Å². The van der Waals surface area contributed by atoms with Gasteiger partial charge in [0.05, 0.1) is 0 Å². The minimum Gasteiger partial charge on any atom is -0.369 e. The normalized spacial score (nSPS) is 22.3. The van der Waals surface area contributed by atoms with Gasteiger partial charge in [-0.05, 0) is 26.0 Å². The van der Waals surface area contributed by atoms with E-state index in [4.69, 9.17) is 0 Å². The monoisotopic (exact) mass is 219 g/mol. The Balaban J connectivity index is 1.94. The van der Waals surface area contributed by atoms with E-state index >= 15 is 0 Å². The summed E-state index contributed by atoms with van der Waals surface area (Å²) in [5.41, 5.74) is 2.26. The van der Waals surface area contributed by atoms with Crippen LogP contribution in [-0.2, 0) is 0 Å². The first-order valence-corrected chi connectivity index (χ1v) is 5.99. The lowest BCUT2D eigenvalue weighted by Gasteiger charge is -2.39. The molecule has 0 spiro atoms. The van der Waals surface area contributed by atoms with E-state index in [0.717, 1.165) is 31.9 Å². The molecular weight excluding hydrogens is 198 g/mol. The van der Waals surface area contributed by atoms with Crippen LogP contribution < -0.4 is 5.32 Å². The van der Waals surface area contributed by atoms with Gasteiger partial charge in [-0.3, -0.25) is 4.90 Å². The van der Waals surface area contributed by atoms with Gasteiger partial charge in [0.1, 0.15) is 0 Å². The Morgan fingerprint density at radius 3 is 2.50 bits per heavy atom. The molecule has 0 aromatic rings. The minimum absolute atomic E-state index is 0.662. The van der Waals surface area contributed by atoms with Crippen LogP contribution in [-0.4, -0.2) is 42.0 Å². The first kappa shape index (κ1) is 11.3. The van der Waals surface area contributed by atoms with Crippen molar-refractivity contribution in [2.45, 2.75) is 19.9 Å². The summed E-state index contributed by atoms with van der Waals surface area (Å²) in [6, 6.07) is 0.662. The fraction of sp³-hybridized carbons (Fsp3) is 0.538. The summed E-state index contributed by atoms with van der Waals surface area (Å²) in [4.78, 5) is 4.96. The van der Waals surface area contributed by atoms with Gasteiger partial charge in [-0.15, -0.1) is 0 Å². The zero-order valence-electron chi connectivity index (χ0n) is 10.2. The third kappa shape index (κ3) is 2.47. The molecule has 0 radical (unpaired) electrons. The van der Waals surface area contributed by atoms with E-state index in [1.165, 1.54) is 5.70 Å². The number of allylic oxidation sites excluding steroid dienone is 2. The van der Waals surface area contributed by atoms with Gasteiger partial charge in [-0.2, -0.15) is 0 Å². The molecule has 2 aliphatic heterocycles. The van der Waals surface area contributed by atoms with Crippen molar-refractivity contribution >= 4 is 0 Å². The second-order valence-electron chi connectivity index (χ2n) is 4.69. The summed E-state index contributed by atoms with van der Waals surface area (Å²) in [5, 5.41) is 3.09. The van der Waals surface area contributed by atoms with E-state index in [1.807, 2.05) is 6.20 Å². The predicted octanol–water partition coefficient (Wildman–Crippen LogP) is 1.53. The molecule has 1 N–H and O–H groups in total. The Morgan fingerprint density at radius 1 is 1.25 bits per heavy atom. The summed E-state index contributed by atoms with van der Waals surface area (Å²) < 4.78 is 0. The lowest BCUT2D eigenvalue weighted by atomic mass is 10.2. The summed E-state index contributed by atoms with van der Waals surface area (Å²) in [6.45, 7) is 13.0. The topological polar surface area (TPSA) is 18.5 Å². The Hall–Kier alpha value is -1.22. The van der Waals surface area contributed by atoms with Crippen molar-refractivity contribution in [1.82, 2.24) is 15.1 Å². The van der Waals surface area contributed by atoms with E-state index in [9.17, 15) is 0 Å². The molecule has 3 nitrogen and oxygen atoms in total. The summed E-state index contributed by atoms with van der Waals surface area (Å²) in [6.07, 6.45) is 6.21. The van der Waals surface area contributed by atoms with Crippen LogP contribution in [0.3, 0.4) is 0 Å². The first-order valence-electron chi connectivity index (χ1n) is 5.99. The Kier molecular flexibility index (Phi) is 3.34. The van der Waals surface area contributed by atoms with Crippen molar-refractivity contribution < 1.29 is 0 Å². The first-order chi connectivity index (χ1) is 7.66. The van der Waals surface area contributed by atoms with Crippen molar-refractivity contribution in [3.8, 4) is 0 Å². The molecule has 88 valence electrons. The van der Waals surface area contributed by atoms with Crippen LogP contribution in [0.4, 0.5) is 0 Å². The zero-order chi connectivity index (χ0) is 11.5. The van der Waals surface area contributed by atoms with Gasteiger partial charge in [0.2, 0.25) is 0 Å². The summed E-state index contributed by atoms with van der Waals surface area (Å²) >= 11 is 0. The number of nitrogens with one attached hydrogen (secondary N) is 1. The molecule has 0 aromatic heterocycles. The van der Waals surface area contributed by atoms with Crippen LogP contribution in [0.5, 0.6) is 0 Å². The van der Waals surface area contributed by atoms with E-state index in [2.05, 4.69) is 47.7 Å². The number of piperazine rings is 1. The number of dihydropyridines is 1. The van der Waals surface area contributed by atoms with E-state index in [-0.39, 0.29) is 0 Å². The van der Waals surface area contributed by atoms with Crippen molar-refractivity contribution in [2.24, 2.45) is 0 Å². The maximum atomic E-state index is 3.93. The van der Waals surface area contributed by atoms with Gasteiger partial charge in [0.15, 0.2) is 0 Å². The third-order valence-corrected chi connectivity index (χ3v) is 3.25. The molecule has 2 aliphatic rings. The van der Waals surface area contributed by atoms with Crippen molar-refractivity contribution in [3.63, 3.8) is 0 Å². The molecule has 0 amide bonds. The molecule has 2 heterocycles. The van der Waals surface area contributed by atoms with Gasteiger partial charge in [-0.25, -0.2) is 0 Å². The number of rotatable bonds is 2. The maximum absolute atomic E-state index is 3.93. The average molecular weight is 219 g/mol. The van der Waals surface area contributed by atoms with Crippen LogP contribution in [0.15, 0.2) is 36.3 Å². The predicted molar refractivity (Wildman–Crippen MR) is 67.8 cm³/mol. The van der Waals surface area contributed by atoms with Crippen molar-refractivity contribution in [3.05, 3.63) is 36.3 Å². The SMILES string of the molecule is C=C1C=C(N2CCN(C(C)C)CC2)C=CN1. The van der Waals surface area contributed by atoms with Crippen LogP contribution in [0, 0.1) is 0 Å². The largest absolute Gasteiger partial charge is 0.369 e. The molecule has 0 atom stereocenters. The van der Waals surface area contributed by atoms with Gasteiger partial charge in [-0.1, -0.05) is 6.58 Å². The molecule has 0 bridgehead atoms. The maximum Gasteiger partial charge on any atom is 0.0402 e. The van der Waals surface area contributed by atoms with Crippen LogP contribution >= 0.6 is 0 Å². The second kappa shape index (κ2) is 4.74. The summed E-state index contributed by atoms with van der Waals surface area (Å²) in [7, 11) is 0. The van der Waals surface area contributed by atoms with Crippen LogP contribution in [0.2, 0.25) is 0 Å². The molecule has 0 unspecified atom stereocenters. The Bertz CT molecular complexity index is 320. The average Bonchev–Trinajstić information content (AvgIpc) is 2.29. The molecule has 1 saturated heterocycles. The standard InChI is InChI=1S/C13H21N3/c1-11(2)15-6-8-16(9-7-15)13-4-5-14-12(3)10-13/h4-5,10-11,14H,3,6-9H2,1-2H3. The van der Waals surface area contributed by atoms with E-state index in [0.29, 0.717) is 6.04 Å². The highest BCUT2D eigenvalue weighted by molar-refractivity contribution is 5.32. The molecular formula is C13H21N3. The number of hydrogen-bond acceptors (Lipinski definition) is 3. The fourth-order valence-corrected chi connectivity index (χ4v) is 2.20. The number of hydrogen-bond donors (Lipinski definition) is 1. The van der Waals surface area contributed by atoms with E-state index < -0.39 is 0 Å². The quantitative estimate of drug-likeness (QED) is 0.760. The van der Waals surface area contributed by atoms with E-state index in [1.54, 1.807) is 0 Å². The summed E-state index contributed by atoms with van der Waals surface area (Å²) in [5.74, 6) is 0. The van der Waals surface area contributed by atoms with Gasteiger partial charge in [0, 0.05) is 49.8 Å². The molecule has 3 heteroatoms. The lowest BCUT2D eigenvalue weighted by Crippen LogP contribution is -2.48. The van der Waals surface area contributed by atoms with Crippen molar-refractivity contribution in [2.75, 3.05) is 26.2 Å². The van der Waals surface area contributed by atoms with Crippen molar-refractivity contribution in [1.29, 1.82) is 0 Å². The number of nitrogens with zero attached hydrogens (tertiary/aromatic N) is 2. The van der Waals surface area contributed by atoms with Gasteiger partial charge >= 0.3 is 0 Å². The molecule has 0 saturated carbocycles. The second-order valence-corrected chi connectivity index (χ2v) is 4.69. The third-order valence-electron chi connectivity index (χ3n) is 3.25. The molecule has 2 rings (SSSR count). The molecule has 0 aliphatic carbocycles. The highest BCUT2D eigenvalue weighted by atomic mass is 15.3. The Morgan fingerprint density at radius 2 is 1.94 bits per heavy atom. The zero-order valence-corrected chi connectivity index (χ0v) is 10.2. The molecule has 16 heavy (non-hydrogen) atoms. The highest BCUT2D eigenvalue weighted by Gasteiger charge is 2.19. The minimum atomic E-state index is 0.662.